The predicted molar refractivity (Wildman–Crippen MR) is 164 cm³/mol. The van der Waals surface area contributed by atoms with Gasteiger partial charge in [0, 0.05) is 30.7 Å². The Morgan fingerprint density at radius 3 is 2.24 bits per heavy atom. The van der Waals surface area contributed by atoms with Crippen molar-refractivity contribution < 1.29 is 24.2 Å². The van der Waals surface area contributed by atoms with Gasteiger partial charge in [-0.15, -0.1) is 0 Å². The van der Waals surface area contributed by atoms with Gasteiger partial charge in [-0.1, -0.05) is 35.9 Å². The van der Waals surface area contributed by atoms with Crippen molar-refractivity contribution in [2.75, 3.05) is 25.1 Å². The fourth-order valence-corrected chi connectivity index (χ4v) is 6.41. The van der Waals surface area contributed by atoms with E-state index in [0.717, 1.165) is 40.8 Å². The molecule has 0 aliphatic carbocycles. The number of carbonyl (C=O) groups is 2. The third kappa shape index (κ3) is 5.86. The van der Waals surface area contributed by atoms with E-state index < -0.39 is 11.6 Å². The molecule has 0 spiro atoms. The van der Waals surface area contributed by atoms with Gasteiger partial charge in [-0.3, -0.25) is 9.59 Å². The Bertz CT molecular complexity index is 1440. The number of methoxy groups -OCH3 is 1. The van der Waals surface area contributed by atoms with E-state index in [2.05, 4.69) is 0 Å². The monoisotopic (exact) mass is 590 g/mol. The van der Waals surface area contributed by atoms with E-state index in [0.29, 0.717) is 29.6 Å². The zero-order valence-corrected chi connectivity index (χ0v) is 25.6. The van der Waals surface area contributed by atoms with Gasteiger partial charge >= 0.3 is 0 Å². The molecule has 222 valence electrons. The molecule has 3 aromatic carbocycles. The van der Waals surface area contributed by atoms with E-state index in [1.54, 1.807) is 14.0 Å². The highest BCUT2D eigenvalue weighted by Gasteiger charge is 2.38. The van der Waals surface area contributed by atoms with Gasteiger partial charge in [-0.25, -0.2) is 0 Å². The topological polar surface area (TPSA) is 79.3 Å². The van der Waals surface area contributed by atoms with Gasteiger partial charge in [0.1, 0.15) is 0 Å². The minimum Gasteiger partial charge on any atom is -0.493 e. The molecule has 2 amide bonds. The summed E-state index contributed by atoms with van der Waals surface area (Å²) >= 11 is 6.24. The van der Waals surface area contributed by atoms with Crippen molar-refractivity contribution in [2.24, 2.45) is 5.92 Å². The molecule has 7 nitrogen and oxygen atoms in total. The molecule has 1 saturated heterocycles. The second-order valence-corrected chi connectivity index (χ2v) is 12.2. The minimum absolute atomic E-state index is 0.0265. The van der Waals surface area contributed by atoms with Crippen molar-refractivity contribution in [1.82, 2.24) is 4.90 Å². The molecule has 0 bridgehead atoms. The summed E-state index contributed by atoms with van der Waals surface area (Å²) in [4.78, 5) is 29.3. The van der Waals surface area contributed by atoms with E-state index in [-0.39, 0.29) is 30.3 Å². The molecule has 5 rings (SSSR count). The van der Waals surface area contributed by atoms with Crippen LogP contribution in [0.15, 0.2) is 60.7 Å². The van der Waals surface area contributed by atoms with Crippen LogP contribution >= 0.6 is 11.6 Å². The molecule has 2 atom stereocenters. The smallest absolute Gasteiger partial charge is 0.232 e. The summed E-state index contributed by atoms with van der Waals surface area (Å²) in [5, 5.41) is 12.2. The molecular weight excluding hydrogens is 552 g/mol. The Morgan fingerprint density at radius 1 is 1.02 bits per heavy atom. The molecule has 3 aromatic rings. The van der Waals surface area contributed by atoms with Gasteiger partial charge < -0.3 is 24.4 Å². The lowest BCUT2D eigenvalue weighted by molar-refractivity contribution is -0.132. The van der Waals surface area contributed by atoms with Gasteiger partial charge in [-0.2, -0.15) is 0 Å². The fraction of sp³-hybridized carbons (Fsp3) is 0.412. The first-order valence-corrected chi connectivity index (χ1v) is 14.9. The molecule has 0 radical (unpaired) electrons. The van der Waals surface area contributed by atoms with Crippen molar-refractivity contribution in [1.29, 1.82) is 0 Å². The van der Waals surface area contributed by atoms with Crippen LogP contribution in [0.25, 0.3) is 0 Å². The number of aliphatic hydroxyl groups is 1. The van der Waals surface area contributed by atoms with Crippen LogP contribution in [0, 0.1) is 5.92 Å². The van der Waals surface area contributed by atoms with Crippen LogP contribution in [0.5, 0.6) is 11.5 Å². The van der Waals surface area contributed by atoms with Crippen molar-refractivity contribution in [3.8, 4) is 11.5 Å². The van der Waals surface area contributed by atoms with Crippen LogP contribution in [0.4, 0.5) is 5.69 Å². The highest BCUT2D eigenvalue weighted by Crippen LogP contribution is 2.44. The number of benzene rings is 3. The standard InChI is InChI=1S/C34H39ClN2O5/c1-21(2)42-31-20-29-24(18-30(31)41-5)19-32(39)37(33(29)23-6-10-27(35)11-7-23)28-12-8-25(9-13-28)34(4,40)26-14-16-36(17-15-26)22(3)38/h6-13,18,20-21,26,33,40H,14-17,19H2,1-5H3. The Hall–Kier alpha value is -3.55. The number of nitrogens with zero attached hydrogens (tertiary/aromatic N) is 2. The van der Waals surface area contributed by atoms with Gasteiger partial charge in [0.15, 0.2) is 11.5 Å². The van der Waals surface area contributed by atoms with Gasteiger partial charge in [0.05, 0.1) is 31.3 Å². The number of amides is 2. The highest BCUT2D eigenvalue weighted by atomic mass is 35.5. The molecule has 1 N–H and O–H groups in total. The van der Waals surface area contributed by atoms with Crippen LogP contribution in [-0.2, 0) is 21.6 Å². The van der Waals surface area contributed by atoms with Gasteiger partial charge in [0.25, 0.3) is 0 Å². The van der Waals surface area contributed by atoms with Crippen molar-refractivity contribution in [3.63, 3.8) is 0 Å². The molecule has 2 unspecified atom stereocenters. The number of likely N-dealkylation sites (tertiary alicyclic amines) is 1. The summed E-state index contributed by atoms with van der Waals surface area (Å²) in [7, 11) is 1.60. The third-order valence-electron chi connectivity index (χ3n) is 8.60. The molecule has 0 saturated carbocycles. The minimum atomic E-state index is -1.06. The number of anilines is 1. The molecule has 2 heterocycles. The number of ether oxygens (including phenoxy) is 2. The summed E-state index contributed by atoms with van der Waals surface area (Å²) in [5.74, 6) is 1.28. The summed E-state index contributed by atoms with van der Waals surface area (Å²) < 4.78 is 11.7. The van der Waals surface area contributed by atoms with Crippen LogP contribution in [0.1, 0.15) is 68.8 Å². The van der Waals surface area contributed by atoms with E-state index in [4.69, 9.17) is 21.1 Å². The Kier molecular flexibility index (Phi) is 8.53. The highest BCUT2D eigenvalue weighted by molar-refractivity contribution is 6.30. The first kappa shape index (κ1) is 29.9. The van der Waals surface area contributed by atoms with Crippen LogP contribution in [-0.4, -0.2) is 48.1 Å². The normalized spacial score (nSPS) is 19.0. The number of piperidine rings is 1. The average molecular weight is 591 g/mol. The van der Waals surface area contributed by atoms with E-state index in [1.807, 2.05) is 91.2 Å². The maximum atomic E-state index is 13.8. The number of hydrogen-bond donors (Lipinski definition) is 1. The zero-order valence-electron chi connectivity index (χ0n) is 24.9. The lowest BCUT2D eigenvalue weighted by atomic mass is 9.77. The average Bonchev–Trinajstić information content (AvgIpc) is 2.96. The maximum Gasteiger partial charge on any atom is 0.232 e. The summed E-state index contributed by atoms with van der Waals surface area (Å²) in [6.45, 7) is 8.66. The molecule has 2 aliphatic heterocycles. The number of halogens is 1. The Morgan fingerprint density at radius 2 is 1.67 bits per heavy atom. The van der Waals surface area contributed by atoms with Crippen LogP contribution < -0.4 is 14.4 Å². The fourth-order valence-electron chi connectivity index (χ4n) is 6.28. The van der Waals surface area contributed by atoms with Gasteiger partial charge in [-0.05, 0) is 98.2 Å². The SMILES string of the molecule is COc1cc2c(cc1OC(C)C)C(c1ccc(Cl)cc1)N(c1ccc(C(C)(O)C3CCN(C(C)=O)CC3)cc1)C(=O)C2. The van der Waals surface area contributed by atoms with E-state index in [9.17, 15) is 14.7 Å². The molecule has 1 fully saturated rings. The van der Waals surface area contributed by atoms with Gasteiger partial charge in [0.2, 0.25) is 11.8 Å². The van der Waals surface area contributed by atoms with E-state index in [1.165, 1.54) is 0 Å². The Labute approximate surface area is 253 Å². The first-order chi connectivity index (χ1) is 20.0. The zero-order chi connectivity index (χ0) is 30.2. The van der Waals surface area contributed by atoms with E-state index >= 15 is 0 Å². The second kappa shape index (κ2) is 12.0. The lowest BCUT2D eigenvalue weighted by Crippen LogP contribution is -2.43. The largest absolute Gasteiger partial charge is 0.493 e. The first-order valence-electron chi connectivity index (χ1n) is 14.5. The van der Waals surface area contributed by atoms with Crippen molar-refractivity contribution in [3.05, 3.63) is 87.9 Å². The van der Waals surface area contributed by atoms with Crippen molar-refractivity contribution in [2.45, 2.75) is 64.7 Å². The number of fused-ring (bicyclic) bond motifs is 1. The Balaban J connectivity index is 1.52. The lowest BCUT2D eigenvalue weighted by Gasteiger charge is -2.40. The number of rotatable bonds is 7. The second-order valence-electron chi connectivity index (χ2n) is 11.7. The van der Waals surface area contributed by atoms with Crippen LogP contribution in [0.3, 0.4) is 0 Å². The molecule has 0 aromatic heterocycles. The maximum absolute atomic E-state index is 13.8. The number of carbonyl (C=O) groups excluding carboxylic acids is 2. The quantitative estimate of drug-likeness (QED) is 0.350. The van der Waals surface area contributed by atoms with Crippen molar-refractivity contribution >= 4 is 29.1 Å². The van der Waals surface area contributed by atoms with Crippen LogP contribution in [0.2, 0.25) is 5.02 Å². The third-order valence-corrected chi connectivity index (χ3v) is 8.85. The number of hydrogen-bond acceptors (Lipinski definition) is 5. The molecular formula is C34H39ClN2O5. The molecule has 8 heteroatoms. The summed E-state index contributed by atoms with van der Waals surface area (Å²) in [6, 6.07) is 18.7. The predicted octanol–water partition coefficient (Wildman–Crippen LogP) is 6.28. The summed E-state index contributed by atoms with van der Waals surface area (Å²) in [6.07, 6.45) is 1.63. The molecule has 42 heavy (non-hydrogen) atoms. The molecule has 2 aliphatic rings. The summed E-state index contributed by atoms with van der Waals surface area (Å²) in [5.41, 5.74) is 3.23.